The van der Waals surface area contributed by atoms with Crippen molar-refractivity contribution >= 4 is 15.0 Å². The maximum atomic E-state index is 12.5. The second-order valence-electron chi connectivity index (χ2n) is 4.66. The number of alkyl halides is 1. The Morgan fingerprint density at radius 2 is 1.90 bits per heavy atom. The fourth-order valence-corrected chi connectivity index (χ4v) is 1.85. The molecule has 0 heterocycles. The van der Waals surface area contributed by atoms with Gasteiger partial charge in [0.2, 0.25) is 0 Å². The third kappa shape index (κ3) is 9.33. The van der Waals surface area contributed by atoms with Crippen LogP contribution in [-0.2, 0) is 13.0 Å². The van der Waals surface area contributed by atoms with Crippen molar-refractivity contribution in [3.8, 4) is 0 Å². The predicted molar refractivity (Wildman–Crippen MR) is 92.3 cm³/mol. The third-order valence-electron chi connectivity index (χ3n) is 2.66. The van der Waals surface area contributed by atoms with Gasteiger partial charge < -0.3 is 10.8 Å². The number of nitrogens with two attached hydrogens (primary N) is 1. The Morgan fingerprint density at radius 1 is 1.38 bits per heavy atom. The average Bonchev–Trinajstić information content (AvgIpc) is 2.46. The van der Waals surface area contributed by atoms with Gasteiger partial charge in [-0.05, 0) is 30.5 Å². The molecule has 1 aromatic rings. The van der Waals surface area contributed by atoms with Crippen LogP contribution in [0.1, 0.15) is 31.4 Å². The number of hydrogen-bond donors (Lipinski definition) is 2. The number of aliphatic imine (C=N–C) groups is 1. The summed E-state index contributed by atoms with van der Waals surface area (Å²) < 4.78 is 12.5. The molecule has 0 bridgehead atoms. The second kappa shape index (κ2) is 11.4. The van der Waals surface area contributed by atoms with Gasteiger partial charge in [0.25, 0.3) is 0 Å². The summed E-state index contributed by atoms with van der Waals surface area (Å²) in [4.78, 5) is 3.69. The smallest absolute Gasteiger partial charge is 0.154 e. The van der Waals surface area contributed by atoms with Crippen LogP contribution in [-0.4, -0.2) is 23.8 Å². The van der Waals surface area contributed by atoms with Crippen molar-refractivity contribution < 1.29 is 9.50 Å². The van der Waals surface area contributed by atoms with Crippen molar-refractivity contribution in [2.45, 2.75) is 39.2 Å². The molecule has 0 saturated heterocycles. The van der Waals surface area contributed by atoms with Crippen LogP contribution in [0, 0.1) is 0 Å². The van der Waals surface area contributed by atoms with E-state index in [0.717, 1.165) is 12.0 Å². The molecule has 0 radical (unpaired) electrons. The van der Waals surface area contributed by atoms with Gasteiger partial charge in [-0.3, -0.25) is 4.99 Å². The highest BCUT2D eigenvalue weighted by Gasteiger charge is 2.03. The molecule has 5 heteroatoms. The molecule has 0 aromatic heterocycles. The number of rotatable bonds is 5. The molecule has 0 fully saturated rings. The zero-order valence-corrected chi connectivity index (χ0v) is 14.2. The number of nitrogens with zero attached hydrogens (tertiary/aromatic N) is 1. The fraction of sp³-hybridized carbons (Fsp3) is 0.438. The first-order chi connectivity index (χ1) is 9.94. The maximum absolute atomic E-state index is 12.5. The summed E-state index contributed by atoms with van der Waals surface area (Å²) in [6, 6.07) is 8.11. The molecular weight excluding hydrogens is 286 g/mol. The van der Waals surface area contributed by atoms with E-state index in [1.165, 1.54) is 25.1 Å². The normalized spacial score (nSPS) is 13.4. The van der Waals surface area contributed by atoms with Gasteiger partial charge >= 0.3 is 0 Å². The molecule has 118 valence electrons. The monoisotopic (exact) mass is 312 g/mol. The van der Waals surface area contributed by atoms with Gasteiger partial charge in [0, 0.05) is 12.7 Å². The van der Waals surface area contributed by atoms with E-state index in [2.05, 4.69) is 24.0 Å². The van der Waals surface area contributed by atoms with Gasteiger partial charge in [-0.15, -0.1) is 0 Å². The molecule has 2 unspecified atom stereocenters. The lowest BCUT2D eigenvalue weighted by Crippen LogP contribution is -2.07. The predicted octanol–water partition coefficient (Wildman–Crippen LogP) is 3.22. The number of allylic oxidation sites excluding steroid dienone is 2. The highest BCUT2D eigenvalue weighted by Crippen LogP contribution is 2.06. The van der Waals surface area contributed by atoms with Gasteiger partial charge in [-0.2, -0.15) is 0 Å². The highest BCUT2D eigenvalue weighted by molar-refractivity contribution is 7.19. The summed E-state index contributed by atoms with van der Waals surface area (Å²) >= 11 is 0. The third-order valence-corrected chi connectivity index (χ3v) is 3.00. The van der Waals surface area contributed by atoms with Crippen molar-refractivity contribution in [3.63, 3.8) is 0 Å². The van der Waals surface area contributed by atoms with E-state index in [1.54, 1.807) is 6.92 Å². The summed E-state index contributed by atoms with van der Waals surface area (Å²) in [6.07, 6.45) is 3.82. The van der Waals surface area contributed by atoms with Crippen LogP contribution in [0.15, 0.2) is 41.0 Å². The van der Waals surface area contributed by atoms with Crippen molar-refractivity contribution in [2.75, 3.05) is 7.05 Å². The molecule has 0 aliphatic carbocycles. The minimum atomic E-state index is -1.12. The number of aliphatic hydroxyl groups excluding tert-OH is 1. The first-order valence-electron chi connectivity index (χ1n) is 6.93. The van der Waals surface area contributed by atoms with Crippen LogP contribution in [0.4, 0.5) is 4.39 Å². The first kappa shape index (κ1) is 19.8. The Hall–Kier alpha value is -1.25. The molecule has 2 atom stereocenters. The molecule has 1 rings (SSSR count). The Labute approximate surface area is 129 Å². The van der Waals surface area contributed by atoms with E-state index in [9.17, 15) is 4.39 Å². The molecule has 3 N–H and O–H groups in total. The Balaban J connectivity index is 0.000000384. The Kier molecular flexibility index (Phi) is 10.7. The highest BCUT2D eigenvalue weighted by atomic mass is 31.0. The minimum Gasteiger partial charge on any atom is -0.402 e. The van der Waals surface area contributed by atoms with E-state index in [4.69, 9.17) is 10.8 Å². The van der Waals surface area contributed by atoms with E-state index in [-0.39, 0.29) is 6.61 Å². The topological polar surface area (TPSA) is 58.6 Å². The van der Waals surface area contributed by atoms with Crippen molar-refractivity contribution in [1.29, 1.82) is 0 Å². The van der Waals surface area contributed by atoms with Gasteiger partial charge in [-0.25, -0.2) is 4.39 Å². The zero-order valence-electron chi connectivity index (χ0n) is 13.0. The van der Waals surface area contributed by atoms with Crippen molar-refractivity contribution in [2.24, 2.45) is 10.7 Å². The largest absolute Gasteiger partial charge is 0.402 e. The van der Waals surface area contributed by atoms with Crippen LogP contribution in [0.25, 0.3) is 0 Å². The van der Waals surface area contributed by atoms with E-state index < -0.39 is 5.91 Å². The first-order valence-corrected chi connectivity index (χ1v) is 7.60. The van der Waals surface area contributed by atoms with Crippen LogP contribution >= 0.6 is 9.24 Å². The summed E-state index contributed by atoms with van der Waals surface area (Å²) in [5.74, 6) is -1.12. The SMILES string of the molecule is CCCc1ccc(CO)cc1.CN=C(/C=C(\C)N)C(F)P. The summed E-state index contributed by atoms with van der Waals surface area (Å²) in [7, 11) is 3.54. The molecule has 0 saturated carbocycles. The van der Waals surface area contributed by atoms with Crippen LogP contribution < -0.4 is 5.73 Å². The molecular formula is C16H26FN2OP. The zero-order chi connectivity index (χ0) is 16.3. The van der Waals surface area contributed by atoms with Crippen LogP contribution in [0.5, 0.6) is 0 Å². The van der Waals surface area contributed by atoms with Crippen molar-refractivity contribution in [3.05, 3.63) is 47.2 Å². The molecule has 21 heavy (non-hydrogen) atoms. The number of aryl methyl sites for hydroxylation is 1. The Bertz CT molecular complexity index is 452. The quantitative estimate of drug-likeness (QED) is 0.648. The van der Waals surface area contributed by atoms with Gasteiger partial charge in [0.05, 0.1) is 12.3 Å². The number of hydrogen-bond acceptors (Lipinski definition) is 3. The van der Waals surface area contributed by atoms with Gasteiger partial charge in [0.1, 0.15) is 0 Å². The van der Waals surface area contributed by atoms with E-state index in [1.807, 2.05) is 21.4 Å². The number of halogens is 1. The van der Waals surface area contributed by atoms with Crippen LogP contribution in [0.2, 0.25) is 0 Å². The fourth-order valence-electron chi connectivity index (χ4n) is 1.60. The molecule has 0 aliphatic rings. The number of benzene rings is 1. The minimum absolute atomic E-state index is 0.145. The molecule has 0 aliphatic heterocycles. The second-order valence-corrected chi connectivity index (χ2v) is 5.25. The Morgan fingerprint density at radius 3 is 2.19 bits per heavy atom. The average molecular weight is 312 g/mol. The van der Waals surface area contributed by atoms with E-state index in [0.29, 0.717) is 11.4 Å². The lowest BCUT2D eigenvalue weighted by Gasteiger charge is -2.00. The molecule has 3 nitrogen and oxygen atoms in total. The van der Waals surface area contributed by atoms with Crippen LogP contribution in [0.3, 0.4) is 0 Å². The van der Waals surface area contributed by atoms with E-state index >= 15 is 0 Å². The standard InChI is InChI=1S/C10H14O.C6H12FN2P/c1-2-3-9-4-6-10(8-11)7-5-9;1-4(8)3-5(9-2)6(7)10/h4-7,11H,2-3,8H2,1H3;3,6H,8,10H2,1-2H3/b;4-3+,9-5?. The van der Waals surface area contributed by atoms with Gasteiger partial charge in [0.15, 0.2) is 5.91 Å². The lowest BCUT2D eigenvalue weighted by molar-refractivity contribution is 0.282. The molecule has 0 amide bonds. The summed E-state index contributed by atoms with van der Waals surface area (Å²) in [6.45, 7) is 4.00. The number of aliphatic hydroxyl groups is 1. The maximum Gasteiger partial charge on any atom is 0.154 e. The molecule has 0 spiro atoms. The summed E-state index contributed by atoms with van der Waals surface area (Å²) in [5.41, 5.74) is 8.57. The van der Waals surface area contributed by atoms with Crippen molar-refractivity contribution in [1.82, 2.24) is 0 Å². The van der Waals surface area contributed by atoms with Gasteiger partial charge in [-0.1, -0.05) is 46.8 Å². The molecule has 1 aromatic carbocycles. The lowest BCUT2D eigenvalue weighted by atomic mass is 10.1. The summed E-state index contributed by atoms with van der Waals surface area (Å²) in [5, 5.41) is 8.76.